The maximum atomic E-state index is 12.8. The fourth-order valence-electron chi connectivity index (χ4n) is 4.14. The van der Waals surface area contributed by atoms with E-state index >= 15 is 0 Å². The smallest absolute Gasteiger partial charge is 0.336 e. The topological polar surface area (TPSA) is 124 Å². The molecular weight excluding hydrogens is 450 g/mol. The number of aromatic nitrogens is 1. The van der Waals surface area contributed by atoms with E-state index in [1.807, 2.05) is 32.9 Å². The molecule has 4 heterocycles. The van der Waals surface area contributed by atoms with Crippen molar-refractivity contribution in [1.82, 2.24) is 15.8 Å². The van der Waals surface area contributed by atoms with Crippen molar-refractivity contribution >= 4 is 39.8 Å². The van der Waals surface area contributed by atoms with E-state index in [0.717, 1.165) is 12.0 Å². The van der Waals surface area contributed by atoms with Crippen LogP contribution in [0.1, 0.15) is 59.2 Å². The molecule has 0 fully saturated rings. The van der Waals surface area contributed by atoms with Crippen molar-refractivity contribution in [3.8, 4) is 5.75 Å². The quantitative estimate of drug-likeness (QED) is 0.337. The van der Waals surface area contributed by atoms with Gasteiger partial charge < -0.3 is 13.6 Å². The van der Waals surface area contributed by atoms with E-state index in [9.17, 15) is 14.4 Å². The lowest BCUT2D eigenvalue weighted by Crippen LogP contribution is -2.41. The van der Waals surface area contributed by atoms with Gasteiger partial charge in [-0.05, 0) is 50.1 Å². The minimum Gasteiger partial charge on any atom is -0.482 e. The number of hydrazine groups is 1. The second-order valence-electron chi connectivity index (χ2n) is 8.82. The Labute approximate surface area is 199 Å². The van der Waals surface area contributed by atoms with E-state index < -0.39 is 23.0 Å². The highest BCUT2D eigenvalue weighted by Gasteiger charge is 2.30. The first-order chi connectivity index (χ1) is 16.8. The lowest BCUT2D eigenvalue weighted by Gasteiger charge is -2.29. The summed E-state index contributed by atoms with van der Waals surface area (Å²) < 4.78 is 17.8. The second-order valence-corrected chi connectivity index (χ2v) is 8.82. The molecule has 0 bridgehead atoms. The largest absolute Gasteiger partial charge is 0.482 e. The zero-order chi connectivity index (χ0) is 24.7. The van der Waals surface area contributed by atoms with E-state index in [4.69, 9.17) is 13.6 Å². The predicted octanol–water partition coefficient (Wildman–Crippen LogP) is 4.15. The normalized spacial score (nSPS) is 13.9. The molecular formula is C26H23N3O6. The number of benzene rings is 1. The molecule has 0 atom stereocenters. The number of hydrogen-bond donors (Lipinski definition) is 2. The molecule has 1 aromatic carbocycles. The van der Waals surface area contributed by atoms with Crippen molar-refractivity contribution in [1.29, 1.82) is 0 Å². The molecule has 0 saturated carbocycles. The second kappa shape index (κ2) is 8.43. The van der Waals surface area contributed by atoms with Crippen molar-refractivity contribution in [3.63, 3.8) is 0 Å². The number of carbonyl (C=O) groups is 2. The summed E-state index contributed by atoms with van der Waals surface area (Å²) in [5.74, 6) is -0.696. The Kier molecular flexibility index (Phi) is 5.39. The molecule has 9 heteroatoms. The molecule has 1 aliphatic heterocycles. The Bertz CT molecular complexity index is 1560. The van der Waals surface area contributed by atoms with Crippen molar-refractivity contribution < 1.29 is 23.2 Å². The molecule has 2 N–H and O–H groups in total. The van der Waals surface area contributed by atoms with Crippen molar-refractivity contribution in [2.45, 2.75) is 39.2 Å². The summed E-state index contributed by atoms with van der Waals surface area (Å²) in [6.45, 7) is 5.87. The van der Waals surface area contributed by atoms with E-state index in [2.05, 4.69) is 15.8 Å². The highest BCUT2D eigenvalue weighted by molar-refractivity contribution is 6.13. The zero-order valence-electron chi connectivity index (χ0n) is 19.4. The number of rotatable bonds is 4. The van der Waals surface area contributed by atoms with Crippen LogP contribution in [0.3, 0.4) is 0 Å². The molecule has 2 amide bonds. The van der Waals surface area contributed by atoms with Crippen molar-refractivity contribution in [3.05, 3.63) is 75.6 Å². The van der Waals surface area contributed by atoms with Gasteiger partial charge in [0, 0.05) is 30.1 Å². The number of furan rings is 1. The summed E-state index contributed by atoms with van der Waals surface area (Å²) in [7, 11) is 0. The highest BCUT2D eigenvalue weighted by Crippen LogP contribution is 2.45. The Balaban J connectivity index is 1.61. The summed E-state index contributed by atoms with van der Waals surface area (Å²) in [6, 6.07) is 6.02. The Morgan fingerprint density at radius 3 is 2.51 bits per heavy atom. The Morgan fingerprint density at radius 1 is 1.03 bits per heavy atom. The van der Waals surface area contributed by atoms with Gasteiger partial charge in [0.1, 0.15) is 16.9 Å². The van der Waals surface area contributed by atoms with Crippen LogP contribution in [-0.4, -0.2) is 22.4 Å². The van der Waals surface area contributed by atoms with Gasteiger partial charge >= 0.3 is 11.5 Å². The molecule has 0 radical (unpaired) electrons. The molecule has 35 heavy (non-hydrogen) atoms. The third kappa shape index (κ3) is 4.05. The molecule has 3 aromatic heterocycles. The van der Waals surface area contributed by atoms with Gasteiger partial charge in [0.05, 0.1) is 16.3 Å². The zero-order valence-corrected chi connectivity index (χ0v) is 19.4. The average Bonchev–Trinajstić information content (AvgIpc) is 3.28. The number of hydrogen-bond acceptors (Lipinski definition) is 7. The summed E-state index contributed by atoms with van der Waals surface area (Å²) in [5, 5.41) is 1.15. The van der Waals surface area contributed by atoms with Crippen LogP contribution in [0.25, 0.3) is 28.0 Å². The van der Waals surface area contributed by atoms with Crippen LogP contribution in [0.15, 0.2) is 56.4 Å². The third-order valence-electron chi connectivity index (χ3n) is 5.73. The molecule has 0 saturated heterocycles. The highest BCUT2D eigenvalue weighted by atomic mass is 16.5. The van der Waals surface area contributed by atoms with E-state index in [1.54, 1.807) is 0 Å². The van der Waals surface area contributed by atoms with Crippen LogP contribution in [-0.2, 0) is 6.42 Å². The molecule has 178 valence electrons. The van der Waals surface area contributed by atoms with Crippen LogP contribution in [0, 0.1) is 0 Å². The van der Waals surface area contributed by atoms with Gasteiger partial charge in [0.25, 0.3) is 5.91 Å². The summed E-state index contributed by atoms with van der Waals surface area (Å²) >= 11 is 0. The number of pyridine rings is 1. The minimum absolute atomic E-state index is 0.0634. The Hall–Kier alpha value is -4.40. The summed E-state index contributed by atoms with van der Waals surface area (Å²) in [6.07, 6.45) is 8.21. The minimum atomic E-state index is -0.668. The SMILES string of the molecule is CCCc1cc(=O)oc2c1c1c(c3oc(C(=O)NNC(=O)c4ccncc4)cc32)C=CC(C)(C)O1. The van der Waals surface area contributed by atoms with E-state index in [1.165, 1.54) is 36.7 Å². The predicted molar refractivity (Wildman–Crippen MR) is 129 cm³/mol. The third-order valence-corrected chi connectivity index (χ3v) is 5.73. The number of ether oxygens (including phenoxy) is 1. The van der Waals surface area contributed by atoms with Crippen LogP contribution in [0.2, 0.25) is 0 Å². The fourth-order valence-corrected chi connectivity index (χ4v) is 4.14. The molecule has 0 unspecified atom stereocenters. The van der Waals surface area contributed by atoms with Crippen LogP contribution < -0.4 is 21.2 Å². The molecule has 9 nitrogen and oxygen atoms in total. The average molecular weight is 473 g/mol. The van der Waals surface area contributed by atoms with Gasteiger partial charge in [-0.25, -0.2) is 4.79 Å². The van der Waals surface area contributed by atoms with Gasteiger partial charge in [-0.1, -0.05) is 13.3 Å². The molecule has 5 rings (SSSR count). The first-order valence-corrected chi connectivity index (χ1v) is 11.2. The van der Waals surface area contributed by atoms with Crippen molar-refractivity contribution in [2.75, 3.05) is 0 Å². The first-order valence-electron chi connectivity index (χ1n) is 11.2. The van der Waals surface area contributed by atoms with Crippen LogP contribution in [0.5, 0.6) is 5.75 Å². The Morgan fingerprint density at radius 2 is 1.77 bits per heavy atom. The van der Waals surface area contributed by atoms with Crippen molar-refractivity contribution in [2.24, 2.45) is 0 Å². The lowest BCUT2D eigenvalue weighted by atomic mass is 9.95. The van der Waals surface area contributed by atoms with Crippen LogP contribution in [0.4, 0.5) is 0 Å². The van der Waals surface area contributed by atoms with Gasteiger partial charge in [0.2, 0.25) is 0 Å². The summed E-state index contributed by atoms with van der Waals surface area (Å²) in [5.41, 5.74) is 6.05. The first kappa shape index (κ1) is 22.4. The fraction of sp³-hybridized carbons (Fsp3) is 0.231. The van der Waals surface area contributed by atoms with Crippen LogP contribution >= 0.6 is 0 Å². The van der Waals surface area contributed by atoms with Gasteiger partial charge in [-0.15, -0.1) is 0 Å². The standard InChI is InChI=1S/C26H23N3O6/c1-4-5-15-12-19(30)34-22-17-13-18(25(32)29-28-24(31)14-7-10-27-11-8-14)33-21(17)16-6-9-26(2,3)35-23(16)20(15)22/h6-13H,4-5H2,1-3H3,(H,28,31)(H,29,32). The summed E-state index contributed by atoms with van der Waals surface area (Å²) in [4.78, 5) is 41.3. The number of carbonyl (C=O) groups excluding carboxylic acids is 2. The van der Waals surface area contributed by atoms with Gasteiger partial charge in [-0.3, -0.25) is 25.4 Å². The monoisotopic (exact) mass is 473 g/mol. The molecule has 0 aliphatic carbocycles. The van der Waals surface area contributed by atoms with E-state index in [-0.39, 0.29) is 5.76 Å². The van der Waals surface area contributed by atoms with E-state index in [0.29, 0.717) is 45.2 Å². The maximum absolute atomic E-state index is 12.8. The number of aryl methyl sites for hydroxylation is 1. The number of nitrogens with one attached hydrogen (secondary N) is 2. The molecule has 4 aromatic rings. The number of amides is 2. The lowest BCUT2D eigenvalue weighted by molar-refractivity contribution is 0.0832. The molecule has 1 aliphatic rings. The number of fused-ring (bicyclic) bond motifs is 6. The number of nitrogens with zero attached hydrogens (tertiary/aromatic N) is 1. The maximum Gasteiger partial charge on any atom is 0.336 e. The van der Waals surface area contributed by atoms with Gasteiger partial charge in [0.15, 0.2) is 11.3 Å². The van der Waals surface area contributed by atoms with Gasteiger partial charge in [-0.2, -0.15) is 0 Å². The molecule has 0 spiro atoms.